The van der Waals surface area contributed by atoms with Crippen LogP contribution >= 0.6 is 0 Å². The molecule has 0 spiro atoms. The van der Waals surface area contributed by atoms with E-state index in [1.807, 2.05) is 0 Å². The summed E-state index contributed by atoms with van der Waals surface area (Å²) in [4.78, 5) is 27.3. The highest BCUT2D eigenvalue weighted by Crippen LogP contribution is 2.39. The predicted molar refractivity (Wildman–Crippen MR) is 65.3 cm³/mol. The molecule has 1 saturated heterocycles. The third kappa shape index (κ3) is 2.00. The molecule has 0 radical (unpaired) electrons. The van der Waals surface area contributed by atoms with Crippen LogP contribution in [0.1, 0.15) is 0 Å². The van der Waals surface area contributed by atoms with Crippen LogP contribution < -0.4 is 5.32 Å². The highest BCUT2D eigenvalue weighted by Gasteiger charge is 2.53. The maximum absolute atomic E-state index is 12.2. The number of carboxylic acid groups (broad SMARTS) is 1. The molecule has 1 fully saturated rings. The molecule has 4 atom stereocenters. The summed E-state index contributed by atoms with van der Waals surface area (Å²) in [6.07, 6.45) is 5.60. The molecule has 98 valence electrons. The maximum atomic E-state index is 12.2. The van der Waals surface area contributed by atoms with Gasteiger partial charge in [-0.3, -0.25) is 14.6 Å². The monoisotopic (exact) mass is 260 g/mol. The zero-order valence-corrected chi connectivity index (χ0v) is 9.89. The molecule has 0 saturated carbocycles. The molecule has 2 aliphatic heterocycles. The number of aromatic nitrogens is 1. The van der Waals surface area contributed by atoms with Crippen molar-refractivity contribution in [2.24, 2.45) is 11.8 Å². The predicted octanol–water partition coefficient (Wildman–Crippen LogP) is 0.674. The Morgan fingerprint density at radius 2 is 2.00 bits per heavy atom. The Balaban J connectivity index is 1.79. The second kappa shape index (κ2) is 4.47. The van der Waals surface area contributed by atoms with E-state index in [-0.39, 0.29) is 5.91 Å². The first-order valence-corrected chi connectivity index (χ1v) is 5.94. The van der Waals surface area contributed by atoms with Crippen molar-refractivity contribution in [1.29, 1.82) is 0 Å². The van der Waals surface area contributed by atoms with Crippen molar-refractivity contribution in [2.75, 3.05) is 5.32 Å². The number of aliphatic carboxylic acids is 1. The summed E-state index contributed by atoms with van der Waals surface area (Å²) in [5.74, 6) is -2.89. The molecule has 19 heavy (non-hydrogen) atoms. The summed E-state index contributed by atoms with van der Waals surface area (Å²) in [5.41, 5.74) is 0.545. The number of anilines is 1. The zero-order chi connectivity index (χ0) is 13.4. The highest BCUT2D eigenvalue weighted by molar-refractivity contribution is 5.96. The molecule has 1 aromatic rings. The molecule has 6 heteroatoms. The maximum Gasteiger partial charge on any atom is 0.310 e. The van der Waals surface area contributed by atoms with Crippen LogP contribution in [0, 0.1) is 11.8 Å². The van der Waals surface area contributed by atoms with Gasteiger partial charge in [-0.1, -0.05) is 12.2 Å². The number of amides is 1. The Morgan fingerprint density at radius 1 is 1.26 bits per heavy atom. The average Bonchev–Trinajstić information content (AvgIpc) is 2.99. The lowest BCUT2D eigenvalue weighted by atomic mass is 9.82. The number of nitrogens with one attached hydrogen (secondary N) is 1. The van der Waals surface area contributed by atoms with Gasteiger partial charge in [0.1, 0.15) is 5.92 Å². The summed E-state index contributed by atoms with van der Waals surface area (Å²) >= 11 is 0. The van der Waals surface area contributed by atoms with Gasteiger partial charge < -0.3 is 15.2 Å². The summed E-state index contributed by atoms with van der Waals surface area (Å²) in [6.45, 7) is 0. The number of rotatable bonds is 3. The standard InChI is InChI=1S/C13H12N2O4/c16-12(15-7-2-1-5-14-6-7)10-8-3-4-9(19-8)11(10)13(17)18/h1-6,8-11H,(H,15,16)(H,17,18)/t8-,9+,10-,11-/m0/s1. The minimum Gasteiger partial charge on any atom is -0.481 e. The molecule has 1 aromatic heterocycles. The lowest BCUT2D eigenvalue weighted by Gasteiger charge is -2.20. The molecular formula is C13H12N2O4. The number of carbonyl (C=O) groups is 2. The van der Waals surface area contributed by atoms with Crippen LogP contribution in [-0.2, 0) is 14.3 Å². The zero-order valence-electron chi connectivity index (χ0n) is 9.89. The summed E-state index contributed by atoms with van der Waals surface area (Å²) < 4.78 is 5.45. The molecule has 3 rings (SSSR count). The molecule has 2 N–H and O–H groups in total. The van der Waals surface area contributed by atoms with Crippen LogP contribution in [0.2, 0.25) is 0 Å². The number of hydrogen-bond donors (Lipinski definition) is 2. The van der Waals surface area contributed by atoms with E-state index in [2.05, 4.69) is 10.3 Å². The van der Waals surface area contributed by atoms with Gasteiger partial charge in [0, 0.05) is 6.20 Å². The van der Waals surface area contributed by atoms with Gasteiger partial charge in [-0.05, 0) is 12.1 Å². The van der Waals surface area contributed by atoms with Crippen LogP contribution in [0.25, 0.3) is 0 Å². The van der Waals surface area contributed by atoms with E-state index in [0.717, 1.165) is 0 Å². The Hall–Kier alpha value is -2.21. The molecule has 2 bridgehead atoms. The van der Waals surface area contributed by atoms with E-state index in [9.17, 15) is 14.7 Å². The number of carbonyl (C=O) groups excluding carboxylic acids is 1. The number of carboxylic acids is 1. The first-order valence-electron chi connectivity index (χ1n) is 5.94. The van der Waals surface area contributed by atoms with Crippen molar-refractivity contribution in [3.8, 4) is 0 Å². The first kappa shape index (κ1) is 11.9. The molecule has 1 amide bonds. The summed E-state index contributed by atoms with van der Waals surface area (Å²) in [7, 11) is 0. The Morgan fingerprint density at radius 3 is 2.63 bits per heavy atom. The second-order valence-corrected chi connectivity index (χ2v) is 4.57. The molecule has 3 heterocycles. The van der Waals surface area contributed by atoms with Crippen LogP contribution in [-0.4, -0.2) is 34.2 Å². The smallest absolute Gasteiger partial charge is 0.310 e. The van der Waals surface area contributed by atoms with E-state index in [0.29, 0.717) is 5.69 Å². The van der Waals surface area contributed by atoms with Crippen LogP contribution in [0.3, 0.4) is 0 Å². The van der Waals surface area contributed by atoms with Crippen molar-refractivity contribution < 1.29 is 19.4 Å². The molecule has 0 aliphatic carbocycles. The lowest BCUT2D eigenvalue weighted by Crippen LogP contribution is -2.39. The van der Waals surface area contributed by atoms with E-state index in [1.54, 1.807) is 30.5 Å². The minimum absolute atomic E-state index is 0.350. The van der Waals surface area contributed by atoms with Gasteiger partial charge in [-0.15, -0.1) is 0 Å². The van der Waals surface area contributed by atoms with Crippen LogP contribution in [0.5, 0.6) is 0 Å². The molecular weight excluding hydrogens is 248 g/mol. The van der Waals surface area contributed by atoms with E-state index in [4.69, 9.17) is 4.74 Å². The Labute approximate surface area is 109 Å². The topological polar surface area (TPSA) is 88.5 Å². The quantitative estimate of drug-likeness (QED) is 0.780. The fraction of sp³-hybridized carbons (Fsp3) is 0.308. The molecule has 0 aromatic carbocycles. The van der Waals surface area contributed by atoms with Crippen molar-refractivity contribution in [3.63, 3.8) is 0 Å². The number of hydrogen-bond acceptors (Lipinski definition) is 4. The lowest BCUT2D eigenvalue weighted by molar-refractivity contribution is -0.145. The minimum atomic E-state index is -1.01. The largest absolute Gasteiger partial charge is 0.481 e. The molecule has 0 unspecified atom stereocenters. The third-order valence-electron chi connectivity index (χ3n) is 3.42. The summed E-state index contributed by atoms with van der Waals surface area (Å²) in [6, 6.07) is 3.39. The van der Waals surface area contributed by atoms with Crippen molar-refractivity contribution in [1.82, 2.24) is 4.98 Å². The van der Waals surface area contributed by atoms with E-state index < -0.39 is 30.0 Å². The van der Waals surface area contributed by atoms with Gasteiger partial charge in [0.25, 0.3) is 0 Å². The number of nitrogens with zero attached hydrogens (tertiary/aromatic N) is 1. The van der Waals surface area contributed by atoms with Gasteiger partial charge in [0.15, 0.2) is 0 Å². The van der Waals surface area contributed by atoms with E-state index >= 15 is 0 Å². The number of ether oxygens (including phenoxy) is 1. The molecule has 6 nitrogen and oxygen atoms in total. The second-order valence-electron chi connectivity index (χ2n) is 4.57. The van der Waals surface area contributed by atoms with Gasteiger partial charge >= 0.3 is 5.97 Å². The number of fused-ring (bicyclic) bond motifs is 2. The van der Waals surface area contributed by atoms with Gasteiger partial charge in [-0.25, -0.2) is 0 Å². The van der Waals surface area contributed by atoms with E-state index in [1.165, 1.54) is 6.20 Å². The SMILES string of the molecule is O=C(Nc1cccnc1)[C@@H]1[C@@H](C(=O)O)[C@H]2C=C[C@@H]1O2. The first-order chi connectivity index (χ1) is 9.16. The third-order valence-corrected chi connectivity index (χ3v) is 3.42. The number of pyridine rings is 1. The van der Waals surface area contributed by atoms with Crippen molar-refractivity contribution >= 4 is 17.6 Å². The van der Waals surface area contributed by atoms with Crippen molar-refractivity contribution in [2.45, 2.75) is 12.2 Å². The van der Waals surface area contributed by atoms with Gasteiger partial charge in [-0.2, -0.15) is 0 Å². The Kier molecular flexibility index (Phi) is 2.79. The van der Waals surface area contributed by atoms with Crippen LogP contribution in [0.15, 0.2) is 36.7 Å². The normalized spacial score (nSPS) is 31.4. The van der Waals surface area contributed by atoms with Crippen LogP contribution in [0.4, 0.5) is 5.69 Å². The molecule has 2 aliphatic rings. The summed E-state index contributed by atoms with van der Waals surface area (Å²) in [5, 5.41) is 11.9. The van der Waals surface area contributed by atoms with Crippen molar-refractivity contribution in [3.05, 3.63) is 36.7 Å². The fourth-order valence-corrected chi connectivity index (χ4v) is 2.58. The van der Waals surface area contributed by atoms with Gasteiger partial charge in [0.05, 0.1) is 30.0 Å². The fourth-order valence-electron chi connectivity index (χ4n) is 2.58. The average molecular weight is 260 g/mol. The van der Waals surface area contributed by atoms with Gasteiger partial charge in [0.2, 0.25) is 5.91 Å². The Bertz CT molecular complexity index is 543. The highest BCUT2D eigenvalue weighted by atomic mass is 16.5.